The number of amides is 1. The average molecular weight is 291 g/mol. The number of nitrogens with one attached hydrogen (secondary N) is 1. The first-order valence-corrected chi connectivity index (χ1v) is 7.61. The number of anilines is 1. The van der Waals surface area contributed by atoms with E-state index >= 15 is 0 Å². The zero-order valence-electron chi connectivity index (χ0n) is 13.0. The lowest BCUT2D eigenvalue weighted by Crippen LogP contribution is -2.39. The summed E-state index contributed by atoms with van der Waals surface area (Å²) in [6.45, 7) is 4.90. The summed E-state index contributed by atoms with van der Waals surface area (Å²) in [5, 5.41) is 3.30. The first-order chi connectivity index (χ1) is 10.2. The summed E-state index contributed by atoms with van der Waals surface area (Å²) in [4.78, 5) is 17.7. The average Bonchev–Trinajstić information content (AvgIpc) is 2.48. The number of carbonyl (C=O) groups is 1. The monoisotopic (exact) mass is 291 g/mol. The third-order valence-electron chi connectivity index (χ3n) is 3.92. The molecule has 5 heteroatoms. The number of methoxy groups -OCH3 is 1. The molecule has 21 heavy (non-hydrogen) atoms. The second-order valence-electron chi connectivity index (χ2n) is 5.68. The molecule has 0 saturated carbocycles. The highest BCUT2D eigenvalue weighted by molar-refractivity contribution is 5.73. The Kier molecular flexibility index (Phi) is 5.99. The molecule has 2 rings (SSSR count). The van der Waals surface area contributed by atoms with Gasteiger partial charge in [0.05, 0.1) is 12.3 Å². The van der Waals surface area contributed by atoms with Gasteiger partial charge in [0.25, 0.3) is 0 Å². The van der Waals surface area contributed by atoms with Crippen molar-refractivity contribution in [3.63, 3.8) is 0 Å². The first-order valence-electron chi connectivity index (χ1n) is 7.61. The number of nitrogens with zero attached hydrogens (tertiary/aromatic N) is 2. The number of pyridine rings is 1. The van der Waals surface area contributed by atoms with Crippen molar-refractivity contribution in [2.75, 3.05) is 38.7 Å². The van der Waals surface area contributed by atoms with Crippen molar-refractivity contribution in [1.29, 1.82) is 0 Å². The third-order valence-corrected chi connectivity index (χ3v) is 3.92. The van der Waals surface area contributed by atoms with E-state index in [4.69, 9.17) is 4.74 Å². The summed E-state index contributed by atoms with van der Waals surface area (Å²) < 4.78 is 5.03. The van der Waals surface area contributed by atoms with E-state index in [1.807, 2.05) is 17.3 Å². The van der Waals surface area contributed by atoms with Gasteiger partial charge in [0, 0.05) is 46.1 Å². The van der Waals surface area contributed by atoms with Crippen LogP contribution in [0.4, 0.5) is 5.69 Å². The quantitative estimate of drug-likeness (QED) is 0.814. The summed E-state index contributed by atoms with van der Waals surface area (Å²) >= 11 is 0. The van der Waals surface area contributed by atoms with Crippen molar-refractivity contribution in [2.24, 2.45) is 5.92 Å². The zero-order chi connectivity index (χ0) is 15.1. The Morgan fingerprint density at radius 1 is 1.52 bits per heavy atom. The highest BCUT2D eigenvalue weighted by Crippen LogP contribution is 2.21. The maximum Gasteiger partial charge on any atom is 0.219 e. The molecule has 1 atom stereocenters. The predicted octanol–water partition coefficient (Wildman–Crippen LogP) is 1.94. The van der Waals surface area contributed by atoms with Crippen LogP contribution >= 0.6 is 0 Å². The van der Waals surface area contributed by atoms with E-state index in [2.05, 4.69) is 16.4 Å². The van der Waals surface area contributed by atoms with E-state index in [1.165, 1.54) is 12.0 Å². The molecule has 0 radical (unpaired) electrons. The Balaban J connectivity index is 1.89. The molecule has 2 heterocycles. The number of rotatable bonds is 6. The topological polar surface area (TPSA) is 54.5 Å². The summed E-state index contributed by atoms with van der Waals surface area (Å²) in [5.41, 5.74) is 2.26. The van der Waals surface area contributed by atoms with E-state index in [9.17, 15) is 4.79 Å². The minimum atomic E-state index is 0.188. The van der Waals surface area contributed by atoms with E-state index in [0.29, 0.717) is 12.5 Å². The van der Waals surface area contributed by atoms with Gasteiger partial charge in [0.2, 0.25) is 5.91 Å². The number of carbonyl (C=O) groups excluding carboxylic acids is 1. The SMILES string of the molecule is COCCNc1cncc(C[C@H]2CCCN(C(C)=O)C2)c1. The lowest BCUT2D eigenvalue weighted by Gasteiger charge is -2.32. The van der Waals surface area contributed by atoms with Crippen molar-refractivity contribution >= 4 is 11.6 Å². The number of aromatic nitrogens is 1. The third kappa shape index (κ3) is 5.01. The summed E-state index contributed by atoms with van der Waals surface area (Å²) in [7, 11) is 1.69. The van der Waals surface area contributed by atoms with Crippen LogP contribution < -0.4 is 5.32 Å². The van der Waals surface area contributed by atoms with E-state index in [0.717, 1.165) is 38.2 Å². The highest BCUT2D eigenvalue weighted by Gasteiger charge is 2.21. The van der Waals surface area contributed by atoms with Gasteiger partial charge >= 0.3 is 0 Å². The molecular weight excluding hydrogens is 266 g/mol. The number of likely N-dealkylation sites (tertiary alicyclic amines) is 1. The fourth-order valence-corrected chi connectivity index (χ4v) is 2.84. The molecule has 0 bridgehead atoms. The lowest BCUT2D eigenvalue weighted by molar-refractivity contribution is -0.130. The summed E-state index contributed by atoms with van der Waals surface area (Å²) in [6, 6.07) is 2.15. The fourth-order valence-electron chi connectivity index (χ4n) is 2.84. The molecule has 1 saturated heterocycles. The molecular formula is C16H25N3O2. The number of hydrogen-bond donors (Lipinski definition) is 1. The highest BCUT2D eigenvalue weighted by atomic mass is 16.5. The van der Waals surface area contributed by atoms with Gasteiger partial charge in [-0.05, 0) is 36.8 Å². The Labute approximate surface area is 126 Å². The minimum absolute atomic E-state index is 0.188. The number of hydrogen-bond acceptors (Lipinski definition) is 4. The van der Waals surface area contributed by atoms with Crippen LogP contribution in [0.15, 0.2) is 18.5 Å². The van der Waals surface area contributed by atoms with Gasteiger partial charge in [-0.2, -0.15) is 0 Å². The van der Waals surface area contributed by atoms with E-state index < -0.39 is 0 Å². The first kappa shape index (κ1) is 15.8. The minimum Gasteiger partial charge on any atom is -0.383 e. The fraction of sp³-hybridized carbons (Fsp3) is 0.625. The summed E-state index contributed by atoms with van der Waals surface area (Å²) in [6.07, 6.45) is 7.03. The van der Waals surface area contributed by atoms with Crippen LogP contribution in [-0.4, -0.2) is 49.1 Å². The van der Waals surface area contributed by atoms with Crippen LogP contribution in [0.2, 0.25) is 0 Å². The summed E-state index contributed by atoms with van der Waals surface area (Å²) in [5.74, 6) is 0.728. The molecule has 0 aliphatic carbocycles. The maximum atomic E-state index is 11.5. The lowest BCUT2D eigenvalue weighted by atomic mass is 9.92. The van der Waals surface area contributed by atoms with Crippen molar-refractivity contribution in [3.8, 4) is 0 Å². The van der Waals surface area contributed by atoms with Crippen LogP contribution in [0.3, 0.4) is 0 Å². The van der Waals surface area contributed by atoms with Gasteiger partial charge < -0.3 is 15.0 Å². The molecule has 1 fully saturated rings. The molecule has 1 aliphatic rings. The number of ether oxygens (including phenoxy) is 1. The largest absolute Gasteiger partial charge is 0.383 e. The number of piperidine rings is 1. The maximum absolute atomic E-state index is 11.5. The molecule has 1 aromatic heterocycles. The molecule has 1 aromatic rings. The normalized spacial score (nSPS) is 18.6. The molecule has 5 nitrogen and oxygen atoms in total. The van der Waals surface area contributed by atoms with Gasteiger partial charge in [-0.3, -0.25) is 9.78 Å². The van der Waals surface area contributed by atoms with Gasteiger partial charge in [-0.1, -0.05) is 0 Å². The van der Waals surface area contributed by atoms with Crippen LogP contribution in [0.1, 0.15) is 25.3 Å². The molecule has 1 N–H and O–H groups in total. The van der Waals surface area contributed by atoms with Crippen molar-refractivity contribution in [1.82, 2.24) is 9.88 Å². The molecule has 1 aliphatic heterocycles. The standard InChI is InChI=1S/C16H25N3O2/c1-13(20)19-6-3-4-14(12-19)8-15-9-16(11-17-10-15)18-5-7-21-2/h9-11,14,18H,3-8,12H2,1-2H3/t14-/m1/s1. The van der Waals surface area contributed by atoms with Crippen molar-refractivity contribution < 1.29 is 9.53 Å². The Hall–Kier alpha value is -1.62. The van der Waals surface area contributed by atoms with Crippen LogP contribution in [0, 0.1) is 5.92 Å². The molecule has 0 aromatic carbocycles. The second kappa shape index (κ2) is 7.98. The smallest absolute Gasteiger partial charge is 0.219 e. The van der Waals surface area contributed by atoms with E-state index in [1.54, 1.807) is 14.0 Å². The molecule has 0 spiro atoms. The van der Waals surface area contributed by atoms with E-state index in [-0.39, 0.29) is 5.91 Å². The Bertz CT molecular complexity index is 465. The van der Waals surface area contributed by atoms with Gasteiger partial charge in [-0.15, -0.1) is 0 Å². The van der Waals surface area contributed by atoms with Crippen molar-refractivity contribution in [3.05, 3.63) is 24.0 Å². The second-order valence-corrected chi connectivity index (χ2v) is 5.68. The molecule has 1 amide bonds. The Morgan fingerprint density at radius 2 is 2.38 bits per heavy atom. The van der Waals surface area contributed by atoms with Crippen LogP contribution in [0.25, 0.3) is 0 Å². The zero-order valence-corrected chi connectivity index (χ0v) is 13.0. The van der Waals surface area contributed by atoms with Gasteiger partial charge in [-0.25, -0.2) is 0 Å². The predicted molar refractivity (Wildman–Crippen MR) is 83.3 cm³/mol. The van der Waals surface area contributed by atoms with Crippen LogP contribution in [0.5, 0.6) is 0 Å². The molecule has 116 valence electrons. The van der Waals surface area contributed by atoms with Crippen molar-refractivity contribution in [2.45, 2.75) is 26.2 Å². The molecule has 0 unspecified atom stereocenters. The Morgan fingerprint density at radius 3 is 3.14 bits per heavy atom. The van der Waals surface area contributed by atoms with Gasteiger partial charge in [0.1, 0.15) is 0 Å². The van der Waals surface area contributed by atoms with Gasteiger partial charge in [0.15, 0.2) is 0 Å². The van der Waals surface area contributed by atoms with Crippen LogP contribution in [-0.2, 0) is 16.0 Å².